The first-order chi connectivity index (χ1) is 14.2. The van der Waals surface area contributed by atoms with E-state index in [1.807, 2.05) is 54.7 Å². The highest BCUT2D eigenvalue weighted by molar-refractivity contribution is 5.88. The second-order valence-electron chi connectivity index (χ2n) is 7.41. The minimum atomic E-state index is -0.0745. The lowest BCUT2D eigenvalue weighted by Crippen LogP contribution is -2.30. The van der Waals surface area contributed by atoms with Gasteiger partial charge in [0.05, 0.1) is 6.42 Å². The minimum Gasteiger partial charge on any atom is -0.484 e. The Morgan fingerprint density at radius 1 is 1.03 bits per heavy atom. The summed E-state index contributed by atoms with van der Waals surface area (Å²) in [6.45, 7) is 0.616. The van der Waals surface area contributed by atoms with Gasteiger partial charge in [-0.15, -0.1) is 0 Å². The molecule has 1 fully saturated rings. The van der Waals surface area contributed by atoms with Crippen molar-refractivity contribution in [1.82, 2.24) is 15.6 Å². The van der Waals surface area contributed by atoms with E-state index in [0.717, 1.165) is 41.3 Å². The number of H-pyrrole nitrogens is 1. The lowest BCUT2D eigenvalue weighted by atomic mass is 10.1. The Labute approximate surface area is 169 Å². The fraction of sp³-hybridized carbons (Fsp3) is 0.304. The summed E-state index contributed by atoms with van der Waals surface area (Å²) in [6, 6.07) is 15.9. The second-order valence-corrected chi connectivity index (χ2v) is 7.41. The molecule has 6 heteroatoms. The number of nitrogens with one attached hydrogen (secondary N) is 3. The van der Waals surface area contributed by atoms with Gasteiger partial charge in [-0.3, -0.25) is 9.59 Å². The first-order valence-corrected chi connectivity index (χ1v) is 10.0. The van der Waals surface area contributed by atoms with Crippen molar-refractivity contribution in [1.29, 1.82) is 0 Å². The van der Waals surface area contributed by atoms with E-state index in [1.54, 1.807) is 0 Å². The van der Waals surface area contributed by atoms with E-state index in [-0.39, 0.29) is 18.4 Å². The van der Waals surface area contributed by atoms with Crippen LogP contribution in [0.25, 0.3) is 10.9 Å². The molecule has 0 unspecified atom stereocenters. The van der Waals surface area contributed by atoms with Gasteiger partial charge in [0, 0.05) is 29.7 Å². The van der Waals surface area contributed by atoms with Crippen LogP contribution in [0, 0.1) is 0 Å². The van der Waals surface area contributed by atoms with Gasteiger partial charge in [-0.2, -0.15) is 0 Å². The van der Waals surface area contributed by atoms with Crippen LogP contribution in [0.5, 0.6) is 5.75 Å². The van der Waals surface area contributed by atoms with Gasteiger partial charge < -0.3 is 20.4 Å². The molecule has 0 aliphatic heterocycles. The number of carbonyl (C=O) groups excluding carboxylic acids is 2. The molecule has 29 heavy (non-hydrogen) atoms. The van der Waals surface area contributed by atoms with Crippen molar-refractivity contribution < 1.29 is 14.3 Å². The van der Waals surface area contributed by atoms with Crippen LogP contribution in [0.15, 0.2) is 54.7 Å². The van der Waals surface area contributed by atoms with E-state index in [0.29, 0.717) is 24.8 Å². The summed E-state index contributed by atoms with van der Waals surface area (Å²) in [6.07, 6.45) is 5.13. The molecule has 150 valence electrons. The van der Waals surface area contributed by atoms with Crippen LogP contribution in [-0.4, -0.2) is 36.0 Å². The van der Waals surface area contributed by atoms with Gasteiger partial charge in [-0.1, -0.05) is 30.3 Å². The molecule has 0 bridgehead atoms. The summed E-state index contributed by atoms with van der Waals surface area (Å²) in [5.74, 6) is 0.605. The summed E-state index contributed by atoms with van der Waals surface area (Å²) in [4.78, 5) is 27.1. The first-order valence-electron chi connectivity index (χ1n) is 10.0. The minimum absolute atomic E-state index is 0.0105. The van der Waals surface area contributed by atoms with E-state index in [1.165, 1.54) is 0 Å². The van der Waals surface area contributed by atoms with Crippen molar-refractivity contribution >= 4 is 22.7 Å². The van der Waals surface area contributed by atoms with E-state index in [4.69, 9.17) is 4.74 Å². The highest BCUT2D eigenvalue weighted by Gasteiger charge is 2.23. The number of aromatic amines is 1. The van der Waals surface area contributed by atoms with E-state index in [2.05, 4.69) is 15.6 Å². The van der Waals surface area contributed by atoms with Crippen LogP contribution in [0.3, 0.4) is 0 Å². The topological polar surface area (TPSA) is 83.2 Å². The Kier molecular flexibility index (Phi) is 5.79. The highest BCUT2D eigenvalue weighted by atomic mass is 16.5. The molecular formula is C23H25N3O3. The van der Waals surface area contributed by atoms with Crippen LogP contribution in [0.4, 0.5) is 0 Å². The zero-order valence-corrected chi connectivity index (χ0v) is 16.2. The van der Waals surface area contributed by atoms with Crippen LogP contribution >= 0.6 is 0 Å². The van der Waals surface area contributed by atoms with Gasteiger partial charge in [0.25, 0.3) is 5.91 Å². The Morgan fingerprint density at radius 2 is 1.83 bits per heavy atom. The summed E-state index contributed by atoms with van der Waals surface area (Å²) < 4.78 is 5.50. The van der Waals surface area contributed by atoms with Gasteiger partial charge in [0.2, 0.25) is 5.91 Å². The normalized spacial score (nSPS) is 13.2. The van der Waals surface area contributed by atoms with Gasteiger partial charge in [-0.05, 0) is 48.6 Å². The standard InChI is InChI=1S/C23H25N3O3/c27-22(13-17-14-25-21-4-2-1-3-20(17)21)24-12-11-16-5-9-19(10-6-16)29-15-23(28)26-18-7-8-18/h1-6,9-10,14,18,25H,7-8,11-13,15H2,(H,24,27)(H,26,28). The van der Waals surface area contributed by atoms with Crippen molar-refractivity contribution in [2.45, 2.75) is 31.7 Å². The van der Waals surface area contributed by atoms with Crippen molar-refractivity contribution in [2.24, 2.45) is 0 Å². The molecule has 1 saturated carbocycles. The molecule has 3 aromatic rings. The van der Waals surface area contributed by atoms with Crippen molar-refractivity contribution in [3.05, 3.63) is 65.9 Å². The lowest BCUT2D eigenvalue weighted by molar-refractivity contribution is -0.123. The maximum absolute atomic E-state index is 12.2. The Balaban J connectivity index is 1.19. The van der Waals surface area contributed by atoms with Crippen LogP contribution in [0.1, 0.15) is 24.0 Å². The molecule has 0 spiro atoms. The lowest BCUT2D eigenvalue weighted by Gasteiger charge is -2.08. The number of hydrogen-bond acceptors (Lipinski definition) is 3. The average Bonchev–Trinajstić information content (AvgIpc) is 3.46. The van der Waals surface area contributed by atoms with Crippen LogP contribution < -0.4 is 15.4 Å². The maximum atomic E-state index is 12.2. The molecule has 2 amide bonds. The molecule has 4 rings (SSSR count). The summed E-state index contributed by atoms with van der Waals surface area (Å²) in [7, 11) is 0. The molecule has 6 nitrogen and oxygen atoms in total. The third-order valence-corrected chi connectivity index (χ3v) is 5.00. The van der Waals surface area contributed by atoms with Crippen LogP contribution in [0.2, 0.25) is 0 Å². The zero-order valence-electron chi connectivity index (χ0n) is 16.2. The molecule has 0 radical (unpaired) electrons. The number of carbonyl (C=O) groups is 2. The smallest absolute Gasteiger partial charge is 0.258 e. The molecular weight excluding hydrogens is 366 g/mol. The quantitative estimate of drug-likeness (QED) is 0.524. The molecule has 2 aromatic carbocycles. The molecule has 1 aliphatic rings. The van der Waals surface area contributed by atoms with E-state index >= 15 is 0 Å². The largest absolute Gasteiger partial charge is 0.484 e. The molecule has 1 heterocycles. The number of para-hydroxylation sites is 1. The predicted molar refractivity (Wildman–Crippen MR) is 112 cm³/mol. The Morgan fingerprint density at radius 3 is 2.62 bits per heavy atom. The van der Waals surface area contributed by atoms with Gasteiger partial charge in [0.15, 0.2) is 6.61 Å². The Hall–Kier alpha value is -3.28. The fourth-order valence-corrected chi connectivity index (χ4v) is 3.26. The van der Waals surface area contributed by atoms with Crippen molar-refractivity contribution in [2.75, 3.05) is 13.2 Å². The molecule has 0 atom stereocenters. The monoisotopic (exact) mass is 391 g/mol. The number of rotatable bonds is 9. The van der Waals surface area contributed by atoms with E-state index < -0.39 is 0 Å². The van der Waals surface area contributed by atoms with Crippen LogP contribution in [-0.2, 0) is 22.4 Å². The molecule has 1 aliphatic carbocycles. The third kappa shape index (κ3) is 5.38. The van der Waals surface area contributed by atoms with Gasteiger partial charge >= 0.3 is 0 Å². The molecule has 3 N–H and O–H groups in total. The molecule has 1 aromatic heterocycles. The number of ether oxygens (including phenoxy) is 1. The third-order valence-electron chi connectivity index (χ3n) is 5.00. The average molecular weight is 391 g/mol. The number of fused-ring (bicyclic) bond motifs is 1. The number of hydrogen-bond donors (Lipinski definition) is 3. The predicted octanol–water partition coefficient (Wildman–Crippen LogP) is 2.73. The van der Waals surface area contributed by atoms with Gasteiger partial charge in [0.1, 0.15) is 5.75 Å². The fourth-order valence-electron chi connectivity index (χ4n) is 3.26. The summed E-state index contributed by atoms with van der Waals surface area (Å²) in [5.41, 5.74) is 3.15. The molecule has 0 saturated heterocycles. The first kappa shape index (κ1) is 19.1. The summed E-state index contributed by atoms with van der Waals surface area (Å²) >= 11 is 0. The van der Waals surface area contributed by atoms with Gasteiger partial charge in [-0.25, -0.2) is 0 Å². The highest BCUT2D eigenvalue weighted by Crippen LogP contribution is 2.19. The SMILES string of the molecule is O=C(Cc1c[nH]c2ccccc12)NCCc1ccc(OCC(=O)NC2CC2)cc1. The zero-order chi connectivity index (χ0) is 20.1. The Bertz CT molecular complexity index is 990. The van der Waals surface area contributed by atoms with E-state index in [9.17, 15) is 9.59 Å². The number of aromatic nitrogens is 1. The van der Waals surface area contributed by atoms with Crippen molar-refractivity contribution in [3.63, 3.8) is 0 Å². The number of benzene rings is 2. The number of amides is 2. The second kappa shape index (κ2) is 8.82. The summed E-state index contributed by atoms with van der Waals surface area (Å²) in [5, 5.41) is 6.96. The maximum Gasteiger partial charge on any atom is 0.258 e. The van der Waals surface area contributed by atoms with Crippen molar-refractivity contribution in [3.8, 4) is 5.75 Å².